The van der Waals surface area contributed by atoms with Crippen molar-refractivity contribution < 1.29 is 9.90 Å². The fraction of sp³-hybridized carbons (Fsp3) is 0.500. The summed E-state index contributed by atoms with van der Waals surface area (Å²) in [7, 11) is 0. The summed E-state index contributed by atoms with van der Waals surface area (Å²) in [6.07, 6.45) is 3.32. The summed E-state index contributed by atoms with van der Waals surface area (Å²) in [6, 6.07) is 4.93. The van der Waals surface area contributed by atoms with Gasteiger partial charge in [0.1, 0.15) is 0 Å². The highest BCUT2D eigenvalue weighted by Gasteiger charge is 2.23. The van der Waals surface area contributed by atoms with E-state index in [1.54, 1.807) is 18.2 Å². The van der Waals surface area contributed by atoms with Crippen molar-refractivity contribution in [1.82, 2.24) is 5.32 Å². The molecule has 0 heterocycles. The molecule has 1 saturated carbocycles. The third kappa shape index (κ3) is 3.85. The van der Waals surface area contributed by atoms with Crippen LogP contribution in [0.1, 0.15) is 37.4 Å². The average Bonchev–Trinajstić information content (AvgIpc) is 2.89. The molecule has 19 heavy (non-hydrogen) atoms. The first-order valence-electron chi connectivity index (χ1n) is 6.48. The molecule has 104 valence electrons. The van der Waals surface area contributed by atoms with E-state index >= 15 is 0 Å². The lowest BCUT2D eigenvalue weighted by Crippen LogP contribution is -2.32. The van der Waals surface area contributed by atoms with E-state index in [-0.39, 0.29) is 18.4 Å². The van der Waals surface area contributed by atoms with Gasteiger partial charge in [-0.2, -0.15) is 0 Å². The number of aliphatic hydroxyl groups excluding tert-OH is 1. The number of carbonyl (C=O) groups is 1. The van der Waals surface area contributed by atoms with Crippen molar-refractivity contribution in [3.63, 3.8) is 0 Å². The molecule has 0 spiro atoms. The molecular weight excluding hydrogens is 285 g/mol. The predicted octanol–water partition coefficient (Wildman–Crippen LogP) is 3.33. The van der Waals surface area contributed by atoms with Crippen molar-refractivity contribution in [2.75, 3.05) is 6.54 Å². The van der Waals surface area contributed by atoms with Gasteiger partial charge in [-0.15, -0.1) is 0 Å². The lowest BCUT2D eigenvalue weighted by Gasteiger charge is -2.16. The Balaban J connectivity index is 1.89. The number of amides is 1. The summed E-state index contributed by atoms with van der Waals surface area (Å²) >= 11 is 11.8. The molecule has 0 bridgehead atoms. The van der Waals surface area contributed by atoms with E-state index in [1.165, 1.54) is 0 Å². The number of benzene rings is 1. The number of carbonyl (C=O) groups excluding carboxylic acids is 1. The largest absolute Gasteiger partial charge is 0.387 e. The molecule has 2 rings (SSSR count). The topological polar surface area (TPSA) is 49.3 Å². The van der Waals surface area contributed by atoms with Gasteiger partial charge in [0.25, 0.3) is 0 Å². The maximum absolute atomic E-state index is 11.8. The number of nitrogens with one attached hydrogen (secondary N) is 1. The lowest BCUT2D eigenvalue weighted by molar-refractivity contribution is -0.125. The summed E-state index contributed by atoms with van der Waals surface area (Å²) in [5, 5.41) is 13.8. The van der Waals surface area contributed by atoms with Crippen LogP contribution in [0, 0.1) is 5.92 Å². The minimum Gasteiger partial charge on any atom is -0.387 e. The molecule has 1 aromatic carbocycles. The van der Waals surface area contributed by atoms with Crippen LogP contribution in [0.25, 0.3) is 0 Å². The molecule has 1 aliphatic carbocycles. The Kier molecular flexibility index (Phi) is 5.08. The van der Waals surface area contributed by atoms with Crippen molar-refractivity contribution in [2.45, 2.75) is 31.8 Å². The zero-order valence-electron chi connectivity index (χ0n) is 10.5. The van der Waals surface area contributed by atoms with Gasteiger partial charge in [-0.05, 0) is 25.0 Å². The van der Waals surface area contributed by atoms with Gasteiger partial charge < -0.3 is 10.4 Å². The first-order chi connectivity index (χ1) is 9.08. The Labute approximate surface area is 122 Å². The lowest BCUT2D eigenvalue weighted by atomic mass is 10.1. The molecule has 0 aromatic heterocycles. The van der Waals surface area contributed by atoms with Gasteiger partial charge in [0.15, 0.2) is 0 Å². The zero-order chi connectivity index (χ0) is 13.8. The molecule has 5 heteroatoms. The van der Waals surface area contributed by atoms with Crippen LogP contribution < -0.4 is 5.32 Å². The second kappa shape index (κ2) is 6.60. The van der Waals surface area contributed by atoms with Crippen molar-refractivity contribution in [1.29, 1.82) is 0 Å². The standard InChI is InChI=1S/C14H17Cl2NO2/c15-10-5-6-11(12(16)7-10)13(18)8-17-14(19)9-3-1-2-4-9/h5-7,9,13,18H,1-4,8H2,(H,17,19). The van der Waals surface area contributed by atoms with Gasteiger partial charge in [0.2, 0.25) is 5.91 Å². The summed E-state index contributed by atoms with van der Waals surface area (Å²) in [5.41, 5.74) is 0.581. The second-order valence-electron chi connectivity index (χ2n) is 4.91. The number of halogens is 2. The normalized spacial score (nSPS) is 17.4. The van der Waals surface area contributed by atoms with E-state index < -0.39 is 6.10 Å². The summed E-state index contributed by atoms with van der Waals surface area (Å²) in [4.78, 5) is 11.8. The Morgan fingerprint density at radius 3 is 2.68 bits per heavy atom. The highest BCUT2D eigenvalue weighted by Crippen LogP contribution is 2.27. The predicted molar refractivity (Wildman–Crippen MR) is 76.4 cm³/mol. The van der Waals surface area contributed by atoms with Gasteiger partial charge in [0, 0.05) is 28.1 Å². The van der Waals surface area contributed by atoms with Gasteiger partial charge in [-0.25, -0.2) is 0 Å². The summed E-state index contributed by atoms with van der Waals surface area (Å²) in [6.45, 7) is 0.177. The number of hydrogen-bond donors (Lipinski definition) is 2. The molecule has 0 radical (unpaired) electrons. The van der Waals surface area contributed by atoms with Crippen molar-refractivity contribution in [3.05, 3.63) is 33.8 Å². The second-order valence-corrected chi connectivity index (χ2v) is 5.75. The highest BCUT2D eigenvalue weighted by molar-refractivity contribution is 6.35. The summed E-state index contributed by atoms with van der Waals surface area (Å²) < 4.78 is 0. The van der Waals surface area contributed by atoms with Crippen LogP contribution in [-0.2, 0) is 4.79 Å². The first-order valence-corrected chi connectivity index (χ1v) is 7.24. The maximum Gasteiger partial charge on any atom is 0.223 e. The fourth-order valence-electron chi connectivity index (χ4n) is 2.41. The van der Waals surface area contributed by atoms with E-state index in [0.717, 1.165) is 25.7 Å². The molecule has 1 aromatic rings. The van der Waals surface area contributed by atoms with Crippen molar-refractivity contribution in [2.24, 2.45) is 5.92 Å². The molecule has 2 N–H and O–H groups in total. The van der Waals surface area contributed by atoms with Crippen LogP contribution in [0.15, 0.2) is 18.2 Å². The number of rotatable bonds is 4. The molecule has 1 unspecified atom stereocenters. The highest BCUT2D eigenvalue weighted by atomic mass is 35.5. The fourth-order valence-corrected chi connectivity index (χ4v) is 2.95. The van der Waals surface area contributed by atoms with Crippen molar-refractivity contribution in [3.8, 4) is 0 Å². The SMILES string of the molecule is O=C(NCC(O)c1ccc(Cl)cc1Cl)C1CCCC1. The quantitative estimate of drug-likeness (QED) is 0.896. The van der Waals surface area contributed by atoms with Crippen LogP contribution >= 0.6 is 23.2 Å². The Bertz CT molecular complexity index is 459. The Hall–Kier alpha value is -0.770. The molecular formula is C14H17Cl2NO2. The Morgan fingerprint density at radius 2 is 2.05 bits per heavy atom. The van der Waals surface area contributed by atoms with Gasteiger partial charge in [-0.1, -0.05) is 42.1 Å². The number of hydrogen-bond acceptors (Lipinski definition) is 2. The first kappa shape index (κ1) is 14.6. The molecule has 1 amide bonds. The van der Waals surface area contributed by atoms with Gasteiger partial charge >= 0.3 is 0 Å². The smallest absolute Gasteiger partial charge is 0.223 e. The molecule has 0 saturated heterocycles. The number of aliphatic hydroxyl groups is 1. The molecule has 1 fully saturated rings. The third-order valence-electron chi connectivity index (χ3n) is 3.52. The van der Waals surface area contributed by atoms with Crippen LogP contribution in [0.4, 0.5) is 0 Å². The van der Waals surface area contributed by atoms with Crippen LogP contribution in [0.2, 0.25) is 10.0 Å². The van der Waals surface area contributed by atoms with E-state index in [0.29, 0.717) is 15.6 Å². The molecule has 1 atom stereocenters. The third-order valence-corrected chi connectivity index (χ3v) is 4.08. The minimum absolute atomic E-state index is 0.0293. The van der Waals surface area contributed by atoms with E-state index in [9.17, 15) is 9.90 Å². The van der Waals surface area contributed by atoms with Crippen LogP contribution in [0.3, 0.4) is 0 Å². The molecule has 0 aliphatic heterocycles. The maximum atomic E-state index is 11.8. The van der Waals surface area contributed by atoms with E-state index in [4.69, 9.17) is 23.2 Å². The van der Waals surface area contributed by atoms with Crippen LogP contribution in [0.5, 0.6) is 0 Å². The monoisotopic (exact) mass is 301 g/mol. The van der Waals surface area contributed by atoms with Gasteiger partial charge in [-0.3, -0.25) is 4.79 Å². The molecule has 3 nitrogen and oxygen atoms in total. The average molecular weight is 302 g/mol. The van der Waals surface area contributed by atoms with Crippen LogP contribution in [-0.4, -0.2) is 17.6 Å². The van der Waals surface area contributed by atoms with E-state index in [1.807, 2.05) is 0 Å². The minimum atomic E-state index is -0.810. The van der Waals surface area contributed by atoms with E-state index in [2.05, 4.69) is 5.32 Å². The van der Waals surface area contributed by atoms with Gasteiger partial charge in [0.05, 0.1) is 6.10 Å². The van der Waals surface area contributed by atoms with Crippen molar-refractivity contribution >= 4 is 29.1 Å². The summed E-state index contributed by atoms with van der Waals surface area (Å²) in [5.74, 6) is 0.134. The molecule has 1 aliphatic rings. The zero-order valence-corrected chi connectivity index (χ0v) is 12.0. The Morgan fingerprint density at radius 1 is 1.37 bits per heavy atom.